The average Bonchev–Trinajstić information content (AvgIpc) is 3.24. The molecule has 3 aromatic rings. The van der Waals surface area contributed by atoms with Crippen molar-refractivity contribution in [1.82, 2.24) is 20.2 Å². The van der Waals surface area contributed by atoms with Crippen molar-refractivity contribution in [1.29, 1.82) is 5.26 Å². The van der Waals surface area contributed by atoms with Gasteiger partial charge in [0.2, 0.25) is 5.16 Å². The summed E-state index contributed by atoms with van der Waals surface area (Å²) in [6.07, 6.45) is 0. The number of nitrogen functional groups attached to an aromatic ring is 1. The number of anilines is 1. The van der Waals surface area contributed by atoms with Crippen LogP contribution >= 0.6 is 34.7 Å². The second-order valence-electron chi connectivity index (χ2n) is 5.12. The number of nitrogens with zero attached hydrogens (tertiary/aromatic N) is 5. The summed E-state index contributed by atoms with van der Waals surface area (Å²) in [5.41, 5.74) is 7.43. The topological polar surface area (TPSA) is 120 Å². The maximum absolute atomic E-state index is 12.2. The highest BCUT2D eigenvalue weighted by molar-refractivity contribution is 7.98. The van der Waals surface area contributed by atoms with Gasteiger partial charge in [-0.3, -0.25) is 0 Å². The van der Waals surface area contributed by atoms with Gasteiger partial charge in [0.25, 0.3) is 0 Å². The van der Waals surface area contributed by atoms with Crippen LogP contribution in [-0.2, 0) is 10.5 Å². The number of aromatic nitrogens is 4. The highest BCUT2D eigenvalue weighted by atomic mass is 35.5. The van der Waals surface area contributed by atoms with Gasteiger partial charge in [-0.1, -0.05) is 23.4 Å². The molecule has 2 N–H and O–H groups in total. The zero-order valence-corrected chi connectivity index (χ0v) is 16.4. The van der Waals surface area contributed by atoms with Crippen molar-refractivity contribution in [3.63, 3.8) is 0 Å². The summed E-state index contributed by atoms with van der Waals surface area (Å²) in [4.78, 5) is 12.5. The third kappa shape index (κ3) is 4.05. The van der Waals surface area contributed by atoms with Crippen molar-refractivity contribution >= 4 is 45.7 Å². The highest BCUT2D eigenvalue weighted by Crippen LogP contribution is 2.35. The summed E-state index contributed by atoms with van der Waals surface area (Å²) in [5, 5.41) is 22.5. The van der Waals surface area contributed by atoms with Crippen LogP contribution in [0.25, 0.3) is 5.69 Å². The predicted molar refractivity (Wildman–Crippen MR) is 103 cm³/mol. The van der Waals surface area contributed by atoms with Gasteiger partial charge < -0.3 is 10.5 Å². The fraction of sp³-hybridized carbons (Fsp3) is 0.188. The normalized spacial score (nSPS) is 10.6. The fourth-order valence-corrected chi connectivity index (χ4v) is 4.33. The third-order valence-corrected chi connectivity index (χ3v) is 5.70. The second-order valence-corrected chi connectivity index (χ2v) is 7.55. The molecule has 3 rings (SSSR count). The quantitative estimate of drug-likeness (QED) is 0.476. The lowest BCUT2D eigenvalue weighted by atomic mass is 10.2. The molecule has 0 amide bonds. The lowest BCUT2D eigenvalue weighted by molar-refractivity contribution is 0.0531. The molecule has 0 aliphatic carbocycles. The molecule has 1 aromatic carbocycles. The maximum Gasteiger partial charge on any atom is 0.348 e. The minimum Gasteiger partial charge on any atom is -0.462 e. The van der Waals surface area contributed by atoms with E-state index in [1.807, 2.05) is 0 Å². The van der Waals surface area contributed by atoms with Crippen molar-refractivity contribution in [2.45, 2.75) is 17.8 Å². The van der Waals surface area contributed by atoms with Crippen LogP contribution in [0.15, 0.2) is 29.4 Å². The molecule has 0 saturated carbocycles. The number of rotatable bonds is 6. The van der Waals surface area contributed by atoms with Crippen LogP contribution in [0.4, 0.5) is 5.00 Å². The van der Waals surface area contributed by atoms with Gasteiger partial charge in [0.15, 0.2) is 0 Å². The Bertz CT molecular complexity index is 1010. The van der Waals surface area contributed by atoms with Crippen LogP contribution in [0.5, 0.6) is 0 Å². The molecule has 0 radical (unpaired) electrons. The van der Waals surface area contributed by atoms with Crippen LogP contribution < -0.4 is 5.73 Å². The number of hydrogen-bond donors (Lipinski definition) is 1. The zero-order chi connectivity index (χ0) is 19.4. The highest BCUT2D eigenvalue weighted by Gasteiger charge is 2.23. The number of nitriles is 1. The Morgan fingerprint density at radius 2 is 2.19 bits per heavy atom. The van der Waals surface area contributed by atoms with E-state index in [0.29, 0.717) is 26.4 Å². The van der Waals surface area contributed by atoms with Crippen molar-refractivity contribution in [3.8, 4) is 11.8 Å². The van der Waals surface area contributed by atoms with Gasteiger partial charge in [-0.2, -0.15) is 9.94 Å². The fourth-order valence-electron chi connectivity index (χ4n) is 2.26. The lowest BCUT2D eigenvalue weighted by Gasteiger charge is -2.06. The van der Waals surface area contributed by atoms with Crippen molar-refractivity contribution in [2.75, 3.05) is 12.3 Å². The number of tetrazole rings is 1. The standard InChI is InChI=1S/C16H13ClN6O2S2/c1-2-25-15(24)13-12(11(7-18)14(19)27-13)8-26-16-20-21-22-23(16)10-5-3-9(17)4-6-10/h3-6H,2,8,19H2,1H3. The molecular weight excluding hydrogens is 408 g/mol. The van der Waals surface area contributed by atoms with E-state index >= 15 is 0 Å². The zero-order valence-electron chi connectivity index (χ0n) is 14.0. The number of carbonyl (C=O) groups is 1. The van der Waals surface area contributed by atoms with E-state index in [1.165, 1.54) is 11.8 Å². The Morgan fingerprint density at radius 3 is 2.85 bits per heavy atom. The smallest absolute Gasteiger partial charge is 0.348 e. The third-order valence-electron chi connectivity index (χ3n) is 3.46. The molecule has 8 nitrogen and oxygen atoms in total. The number of halogens is 1. The van der Waals surface area contributed by atoms with Gasteiger partial charge in [-0.05, 0) is 41.6 Å². The Kier molecular flexibility index (Phi) is 5.95. The monoisotopic (exact) mass is 420 g/mol. The molecule has 0 unspecified atom stereocenters. The van der Waals surface area contributed by atoms with Gasteiger partial charge in [0.1, 0.15) is 15.9 Å². The molecule has 0 aliphatic rings. The number of benzene rings is 1. The molecule has 138 valence electrons. The number of esters is 1. The summed E-state index contributed by atoms with van der Waals surface area (Å²) in [5.74, 6) is -0.206. The van der Waals surface area contributed by atoms with E-state index in [0.717, 1.165) is 17.0 Å². The number of nitrogens with two attached hydrogens (primary N) is 1. The number of thiophene rings is 1. The lowest BCUT2D eigenvalue weighted by Crippen LogP contribution is -2.05. The van der Waals surface area contributed by atoms with Crippen LogP contribution in [0.3, 0.4) is 0 Å². The molecule has 0 saturated heterocycles. The van der Waals surface area contributed by atoms with Crippen molar-refractivity contribution < 1.29 is 9.53 Å². The first-order chi connectivity index (χ1) is 13.0. The van der Waals surface area contributed by atoms with Gasteiger partial charge in [0.05, 0.1) is 17.9 Å². The molecular formula is C16H13ClN6O2S2. The number of hydrogen-bond acceptors (Lipinski definition) is 9. The summed E-state index contributed by atoms with van der Waals surface area (Å²) in [6.45, 7) is 1.95. The molecule has 0 fully saturated rings. The van der Waals surface area contributed by atoms with Gasteiger partial charge in [-0.25, -0.2) is 4.79 Å². The van der Waals surface area contributed by atoms with Crippen LogP contribution in [0.2, 0.25) is 5.02 Å². The Morgan fingerprint density at radius 1 is 1.44 bits per heavy atom. The first kappa shape index (κ1) is 19.2. The van der Waals surface area contributed by atoms with Gasteiger partial charge in [-0.15, -0.1) is 16.4 Å². The predicted octanol–water partition coefficient (Wildman–Crippen LogP) is 3.30. The Labute approximate surface area is 167 Å². The van der Waals surface area contributed by atoms with Gasteiger partial charge >= 0.3 is 5.97 Å². The van der Waals surface area contributed by atoms with E-state index in [-0.39, 0.29) is 17.2 Å². The molecule has 27 heavy (non-hydrogen) atoms. The molecule has 0 spiro atoms. The van der Waals surface area contributed by atoms with E-state index < -0.39 is 5.97 Å². The summed E-state index contributed by atoms with van der Waals surface area (Å²) in [7, 11) is 0. The first-order valence-corrected chi connectivity index (χ1v) is 9.88. The summed E-state index contributed by atoms with van der Waals surface area (Å²) in [6, 6.07) is 9.10. The molecule has 2 heterocycles. The number of thioether (sulfide) groups is 1. The van der Waals surface area contributed by atoms with E-state index in [4.69, 9.17) is 22.1 Å². The van der Waals surface area contributed by atoms with Gasteiger partial charge in [0, 0.05) is 16.3 Å². The molecule has 0 bridgehead atoms. The Hall–Kier alpha value is -2.61. The molecule has 11 heteroatoms. The largest absolute Gasteiger partial charge is 0.462 e. The maximum atomic E-state index is 12.2. The van der Waals surface area contributed by atoms with E-state index in [1.54, 1.807) is 35.9 Å². The van der Waals surface area contributed by atoms with E-state index in [9.17, 15) is 10.1 Å². The van der Waals surface area contributed by atoms with Crippen LogP contribution in [-0.4, -0.2) is 32.8 Å². The van der Waals surface area contributed by atoms with Crippen molar-refractivity contribution in [3.05, 3.63) is 45.3 Å². The van der Waals surface area contributed by atoms with E-state index in [2.05, 4.69) is 21.6 Å². The molecule has 2 aromatic heterocycles. The Balaban J connectivity index is 1.88. The van der Waals surface area contributed by atoms with Crippen LogP contribution in [0, 0.1) is 11.3 Å². The molecule has 0 atom stereocenters. The summed E-state index contributed by atoms with van der Waals surface area (Å²) < 4.78 is 6.61. The summed E-state index contributed by atoms with van der Waals surface area (Å²) >= 11 is 8.24. The molecule has 0 aliphatic heterocycles. The minimum absolute atomic E-state index is 0.236. The minimum atomic E-state index is -0.497. The first-order valence-electron chi connectivity index (χ1n) is 7.70. The average molecular weight is 421 g/mol. The second kappa shape index (κ2) is 8.39. The number of carbonyl (C=O) groups excluding carboxylic acids is 1. The van der Waals surface area contributed by atoms with Crippen molar-refractivity contribution in [2.24, 2.45) is 0 Å². The van der Waals surface area contributed by atoms with Crippen LogP contribution in [0.1, 0.15) is 27.7 Å². The number of ether oxygens (including phenoxy) is 1. The SMILES string of the molecule is CCOC(=O)c1sc(N)c(C#N)c1CSc1nnnn1-c1ccc(Cl)cc1.